The highest BCUT2D eigenvalue weighted by molar-refractivity contribution is 5.68. The van der Waals surface area contributed by atoms with Crippen LogP contribution in [0.5, 0.6) is 0 Å². The second-order valence-corrected chi connectivity index (χ2v) is 5.63. The van der Waals surface area contributed by atoms with Crippen LogP contribution in [0.15, 0.2) is 0 Å². The number of alkyl carbamates (subject to hydrolysis) is 1. The van der Waals surface area contributed by atoms with Crippen LogP contribution in [0, 0.1) is 5.92 Å². The number of carbonyl (C=O) groups is 1. The molecule has 1 atom stereocenters. The minimum atomic E-state index is -0.460. The van der Waals surface area contributed by atoms with E-state index in [0.29, 0.717) is 19.1 Å². The molecule has 0 saturated carbocycles. The van der Waals surface area contributed by atoms with E-state index in [1.807, 2.05) is 27.7 Å². The molecule has 102 valence electrons. The van der Waals surface area contributed by atoms with Crippen molar-refractivity contribution in [3.8, 4) is 0 Å². The molecule has 0 heterocycles. The molecule has 0 aromatic rings. The molecule has 0 bridgehead atoms. The maximum atomic E-state index is 11.6. The van der Waals surface area contributed by atoms with Crippen LogP contribution in [0.4, 0.5) is 4.79 Å². The van der Waals surface area contributed by atoms with E-state index in [9.17, 15) is 4.79 Å². The van der Waals surface area contributed by atoms with E-state index in [1.54, 1.807) is 0 Å². The maximum Gasteiger partial charge on any atom is 0.407 e. The van der Waals surface area contributed by atoms with Gasteiger partial charge in [-0.05, 0) is 40.0 Å². The Labute approximate surface area is 105 Å². The average molecular weight is 245 g/mol. The van der Waals surface area contributed by atoms with E-state index in [4.69, 9.17) is 9.47 Å². The van der Waals surface area contributed by atoms with Gasteiger partial charge in [0.15, 0.2) is 0 Å². The molecule has 0 saturated heterocycles. The standard InChI is InChI=1S/C13H27NO3/c1-7-16-9-11(8-10(2)3)14-12(15)17-13(4,5)6/h10-11H,7-9H2,1-6H3,(H,14,15)/t11-/m1/s1. The Morgan fingerprint density at radius 3 is 2.29 bits per heavy atom. The van der Waals surface area contributed by atoms with Crippen molar-refractivity contribution in [1.82, 2.24) is 5.32 Å². The average Bonchev–Trinajstić information content (AvgIpc) is 2.09. The molecular weight excluding hydrogens is 218 g/mol. The summed E-state index contributed by atoms with van der Waals surface area (Å²) in [5.74, 6) is 0.510. The summed E-state index contributed by atoms with van der Waals surface area (Å²) in [6.45, 7) is 12.9. The molecule has 4 heteroatoms. The van der Waals surface area contributed by atoms with Gasteiger partial charge in [0.1, 0.15) is 5.60 Å². The molecule has 17 heavy (non-hydrogen) atoms. The topological polar surface area (TPSA) is 47.6 Å². The van der Waals surface area contributed by atoms with Crippen molar-refractivity contribution in [3.05, 3.63) is 0 Å². The van der Waals surface area contributed by atoms with E-state index in [2.05, 4.69) is 19.2 Å². The van der Waals surface area contributed by atoms with Crippen molar-refractivity contribution in [1.29, 1.82) is 0 Å². The number of hydrogen-bond donors (Lipinski definition) is 1. The molecule has 1 N–H and O–H groups in total. The van der Waals surface area contributed by atoms with Crippen molar-refractivity contribution in [3.63, 3.8) is 0 Å². The molecule has 0 aliphatic rings. The van der Waals surface area contributed by atoms with Gasteiger partial charge < -0.3 is 14.8 Å². The van der Waals surface area contributed by atoms with Gasteiger partial charge in [0.05, 0.1) is 12.6 Å². The van der Waals surface area contributed by atoms with E-state index in [0.717, 1.165) is 6.42 Å². The fourth-order valence-electron chi connectivity index (χ4n) is 1.47. The lowest BCUT2D eigenvalue weighted by atomic mass is 10.0. The molecule has 0 aliphatic heterocycles. The Bertz CT molecular complexity index is 221. The summed E-state index contributed by atoms with van der Waals surface area (Å²) in [7, 11) is 0. The van der Waals surface area contributed by atoms with Gasteiger partial charge in [0.2, 0.25) is 0 Å². The number of hydrogen-bond acceptors (Lipinski definition) is 3. The maximum absolute atomic E-state index is 11.6. The zero-order valence-corrected chi connectivity index (χ0v) is 12.0. The van der Waals surface area contributed by atoms with E-state index in [1.165, 1.54) is 0 Å². The smallest absolute Gasteiger partial charge is 0.407 e. The molecule has 1 amide bonds. The number of nitrogens with one attached hydrogen (secondary N) is 1. The van der Waals surface area contributed by atoms with Crippen LogP contribution in [0.1, 0.15) is 48.0 Å². The zero-order valence-electron chi connectivity index (χ0n) is 12.0. The van der Waals surface area contributed by atoms with Crippen molar-refractivity contribution in [2.75, 3.05) is 13.2 Å². The van der Waals surface area contributed by atoms with Crippen molar-refractivity contribution in [2.45, 2.75) is 59.6 Å². The number of amides is 1. The molecule has 0 fully saturated rings. The highest BCUT2D eigenvalue weighted by Gasteiger charge is 2.20. The van der Waals surface area contributed by atoms with E-state index < -0.39 is 5.60 Å². The first kappa shape index (κ1) is 16.2. The van der Waals surface area contributed by atoms with Gasteiger partial charge in [-0.15, -0.1) is 0 Å². The van der Waals surface area contributed by atoms with Gasteiger partial charge in [-0.2, -0.15) is 0 Å². The fraction of sp³-hybridized carbons (Fsp3) is 0.923. The summed E-state index contributed by atoms with van der Waals surface area (Å²) in [6.07, 6.45) is 0.516. The Morgan fingerprint density at radius 1 is 1.29 bits per heavy atom. The van der Waals surface area contributed by atoms with E-state index >= 15 is 0 Å². The third-order valence-corrected chi connectivity index (χ3v) is 2.00. The Morgan fingerprint density at radius 2 is 1.88 bits per heavy atom. The van der Waals surface area contributed by atoms with Crippen molar-refractivity contribution < 1.29 is 14.3 Å². The predicted octanol–water partition coefficient (Wildman–Crippen LogP) is 2.96. The molecule has 0 unspecified atom stereocenters. The predicted molar refractivity (Wildman–Crippen MR) is 69.1 cm³/mol. The van der Waals surface area contributed by atoms with Crippen LogP contribution >= 0.6 is 0 Å². The van der Waals surface area contributed by atoms with Crippen LogP contribution in [-0.4, -0.2) is 30.9 Å². The first-order chi connectivity index (χ1) is 7.74. The lowest BCUT2D eigenvalue weighted by Crippen LogP contribution is -2.42. The van der Waals surface area contributed by atoms with Crippen LogP contribution in [0.25, 0.3) is 0 Å². The Hall–Kier alpha value is -0.770. The molecule has 0 radical (unpaired) electrons. The SMILES string of the molecule is CCOC[C@@H](CC(C)C)NC(=O)OC(C)(C)C. The molecule has 0 rings (SSSR count). The first-order valence-electron chi connectivity index (χ1n) is 6.31. The summed E-state index contributed by atoms with van der Waals surface area (Å²) in [5.41, 5.74) is -0.460. The summed E-state index contributed by atoms with van der Waals surface area (Å²) in [5, 5.41) is 2.85. The quantitative estimate of drug-likeness (QED) is 0.782. The summed E-state index contributed by atoms with van der Waals surface area (Å²) in [4.78, 5) is 11.6. The van der Waals surface area contributed by atoms with Crippen LogP contribution in [0.3, 0.4) is 0 Å². The lowest BCUT2D eigenvalue weighted by Gasteiger charge is -2.24. The fourth-order valence-corrected chi connectivity index (χ4v) is 1.47. The molecular formula is C13H27NO3. The molecule has 0 aromatic carbocycles. The summed E-state index contributed by atoms with van der Waals surface area (Å²) in [6, 6.07) is 0.0183. The second-order valence-electron chi connectivity index (χ2n) is 5.63. The lowest BCUT2D eigenvalue weighted by molar-refractivity contribution is 0.0436. The largest absolute Gasteiger partial charge is 0.444 e. The van der Waals surface area contributed by atoms with E-state index in [-0.39, 0.29) is 12.1 Å². The highest BCUT2D eigenvalue weighted by atomic mass is 16.6. The van der Waals surface area contributed by atoms with Crippen molar-refractivity contribution in [2.24, 2.45) is 5.92 Å². The normalized spacial score (nSPS) is 13.6. The number of ether oxygens (including phenoxy) is 2. The zero-order chi connectivity index (χ0) is 13.5. The van der Waals surface area contributed by atoms with Gasteiger partial charge >= 0.3 is 6.09 Å². The first-order valence-corrected chi connectivity index (χ1v) is 6.31. The molecule has 4 nitrogen and oxygen atoms in total. The summed E-state index contributed by atoms with van der Waals surface area (Å²) < 4.78 is 10.6. The van der Waals surface area contributed by atoms with Gasteiger partial charge in [-0.1, -0.05) is 13.8 Å². The summed E-state index contributed by atoms with van der Waals surface area (Å²) >= 11 is 0. The van der Waals surface area contributed by atoms with Gasteiger partial charge in [0.25, 0.3) is 0 Å². The minimum Gasteiger partial charge on any atom is -0.444 e. The number of carbonyl (C=O) groups excluding carboxylic acids is 1. The van der Waals surface area contributed by atoms with Crippen LogP contribution < -0.4 is 5.32 Å². The monoisotopic (exact) mass is 245 g/mol. The number of rotatable bonds is 6. The highest BCUT2D eigenvalue weighted by Crippen LogP contribution is 2.09. The third-order valence-electron chi connectivity index (χ3n) is 2.00. The van der Waals surface area contributed by atoms with Gasteiger partial charge in [-0.25, -0.2) is 4.79 Å². The molecule has 0 aromatic heterocycles. The molecule has 0 aliphatic carbocycles. The van der Waals surface area contributed by atoms with Gasteiger partial charge in [-0.3, -0.25) is 0 Å². The van der Waals surface area contributed by atoms with Crippen molar-refractivity contribution >= 4 is 6.09 Å². The minimum absolute atomic E-state index is 0.0183. The molecule has 0 spiro atoms. The third kappa shape index (κ3) is 10.1. The Kier molecular flexibility index (Phi) is 7.19. The van der Waals surface area contributed by atoms with Crippen LogP contribution in [-0.2, 0) is 9.47 Å². The van der Waals surface area contributed by atoms with Crippen LogP contribution in [0.2, 0.25) is 0 Å². The second kappa shape index (κ2) is 7.54. The van der Waals surface area contributed by atoms with Gasteiger partial charge in [0, 0.05) is 6.61 Å². The Balaban J connectivity index is 4.17.